The maximum Gasteiger partial charge on any atom is 0.0554 e. The fraction of sp³-hybridized carbons (Fsp3) is 1.00. The van der Waals surface area contributed by atoms with Gasteiger partial charge in [-0.15, -0.1) is 0 Å². The number of hydrogen-bond donors (Lipinski definition) is 2. The minimum absolute atomic E-state index is 0.245. The van der Waals surface area contributed by atoms with E-state index in [1.54, 1.807) is 6.92 Å². The molecule has 0 spiro atoms. The van der Waals surface area contributed by atoms with E-state index in [4.69, 9.17) is 9.84 Å². The van der Waals surface area contributed by atoms with E-state index in [-0.39, 0.29) is 6.10 Å². The van der Waals surface area contributed by atoms with Crippen molar-refractivity contribution in [2.24, 2.45) is 0 Å². The summed E-state index contributed by atoms with van der Waals surface area (Å²) < 4.78 is 5.06. The van der Waals surface area contributed by atoms with E-state index in [9.17, 15) is 0 Å². The van der Waals surface area contributed by atoms with Gasteiger partial charge in [0.1, 0.15) is 0 Å². The molecular formula is C6H14O2S. The van der Waals surface area contributed by atoms with Crippen molar-refractivity contribution in [3.8, 4) is 0 Å². The molecule has 3 heteroatoms. The quantitative estimate of drug-likeness (QED) is 0.446. The summed E-state index contributed by atoms with van der Waals surface area (Å²) >= 11 is 3.96. The van der Waals surface area contributed by atoms with Crippen LogP contribution in [0.4, 0.5) is 0 Å². The van der Waals surface area contributed by atoms with Crippen molar-refractivity contribution in [3.05, 3.63) is 0 Å². The van der Waals surface area contributed by atoms with Crippen molar-refractivity contribution in [2.45, 2.75) is 19.4 Å². The van der Waals surface area contributed by atoms with Crippen LogP contribution >= 0.6 is 12.6 Å². The normalized spacial score (nSPS) is 13.7. The molecule has 1 unspecified atom stereocenters. The number of ether oxygens (including phenoxy) is 1. The van der Waals surface area contributed by atoms with E-state index < -0.39 is 0 Å². The molecule has 0 radical (unpaired) electrons. The largest absolute Gasteiger partial charge is 0.393 e. The average molecular weight is 150 g/mol. The van der Waals surface area contributed by atoms with Gasteiger partial charge in [0.25, 0.3) is 0 Å². The Morgan fingerprint density at radius 1 is 1.56 bits per heavy atom. The molecule has 0 aromatic carbocycles. The van der Waals surface area contributed by atoms with E-state index in [0.29, 0.717) is 19.6 Å². The Morgan fingerprint density at radius 3 is 2.67 bits per heavy atom. The van der Waals surface area contributed by atoms with Gasteiger partial charge in [-0.1, -0.05) is 0 Å². The summed E-state index contributed by atoms with van der Waals surface area (Å²) in [5, 5.41) is 8.75. The molecule has 0 aromatic rings. The Morgan fingerprint density at radius 2 is 2.22 bits per heavy atom. The highest BCUT2D eigenvalue weighted by atomic mass is 32.1. The Hall–Kier alpha value is 0.270. The highest BCUT2D eigenvalue weighted by molar-refractivity contribution is 7.80. The zero-order valence-corrected chi connectivity index (χ0v) is 6.60. The van der Waals surface area contributed by atoms with Crippen LogP contribution in [0.25, 0.3) is 0 Å². The van der Waals surface area contributed by atoms with Gasteiger partial charge in [0.15, 0.2) is 0 Å². The van der Waals surface area contributed by atoms with Gasteiger partial charge in [0.2, 0.25) is 0 Å². The van der Waals surface area contributed by atoms with Gasteiger partial charge in [-0.25, -0.2) is 0 Å². The van der Waals surface area contributed by atoms with Crippen LogP contribution in [0.15, 0.2) is 0 Å². The minimum Gasteiger partial charge on any atom is -0.393 e. The van der Waals surface area contributed by atoms with Crippen LogP contribution in [-0.2, 0) is 4.74 Å². The van der Waals surface area contributed by atoms with Crippen LogP contribution in [0.1, 0.15) is 13.3 Å². The zero-order valence-electron chi connectivity index (χ0n) is 5.71. The molecular weight excluding hydrogens is 136 g/mol. The third-order valence-corrected chi connectivity index (χ3v) is 1.10. The molecule has 0 amide bonds. The van der Waals surface area contributed by atoms with Gasteiger partial charge in [0.05, 0.1) is 12.7 Å². The van der Waals surface area contributed by atoms with Crippen LogP contribution < -0.4 is 0 Å². The molecule has 1 N–H and O–H groups in total. The molecule has 0 aliphatic rings. The summed E-state index contributed by atoms with van der Waals surface area (Å²) in [5.74, 6) is 0.750. The smallest absolute Gasteiger partial charge is 0.0554 e. The first-order chi connectivity index (χ1) is 4.27. The number of aliphatic hydroxyl groups is 1. The van der Waals surface area contributed by atoms with Gasteiger partial charge in [0, 0.05) is 12.4 Å². The zero-order chi connectivity index (χ0) is 7.11. The van der Waals surface area contributed by atoms with Crippen LogP contribution in [0.3, 0.4) is 0 Å². The third kappa shape index (κ3) is 8.27. The first-order valence-corrected chi connectivity index (χ1v) is 3.77. The summed E-state index contributed by atoms with van der Waals surface area (Å²) in [4.78, 5) is 0. The standard InChI is InChI=1S/C6H14O2S/c1-6(7)2-3-8-4-5-9/h6-7,9H,2-5H2,1H3. The lowest BCUT2D eigenvalue weighted by molar-refractivity contribution is 0.0983. The highest BCUT2D eigenvalue weighted by Crippen LogP contribution is 1.89. The Balaban J connectivity index is 2.75. The van der Waals surface area contributed by atoms with E-state index in [1.807, 2.05) is 0 Å². The monoisotopic (exact) mass is 150 g/mol. The van der Waals surface area contributed by atoms with Crippen LogP contribution in [0, 0.1) is 0 Å². The number of aliphatic hydroxyl groups excluding tert-OH is 1. The van der Waals surface area contributed by atoms with Gasteiger partial charge in [-0.05, 0) is 13.3 Å². The number of rotatable bonds is 5. The topological polar surface area (TPSA) is 29.5 Å². The van der Waals surface area contributed by atoms with Gasteiger partial charge in [-0.3, -0.25) is 0 Å². The van der Waals surface area contributed by atoms with E-state index in [2.05, 4.69) is 12.6 Å². The molecule has 0 aliphatic heterocycles. The Bertz CT molecular complexity index is 57.0. The number of thiol groups is 1. The predicted octanol–water partition coefficient (Wildman–Crippen LogP) is 0.704. The van der Waals surface area contributed by atoms with Crippen LogP contribution in [-0.4, -0.2) is 30.2 Å². The molecule has 0 fully saturated rings. The van der Waals surface area contributed by atoms with Crippen molar-refractivity contribution in [3.63, 3.8) is 0 Å². The van der Waals surface area contributed by atoms with Gasteiger partial charge in [-0.2, -0.15) is 12.6 Å². The molecule has 0 saturated carbocycles. The van der Waals surface area contributed by atoms with Crippen LogP contribution in [0.2, 0.25) is 0 Å². The molecule has 1 atom stereocenters. The SMILES string of the molecule is CC(O)CCOCCS. The molecule has 0 rings (SSSR count). The lowest BCUT2D eigenvalue weighted by Crippen LogP contribution is -2.06. The van der Waals surface area contributed by atoms with E-state index in [0.717, 1.165) is 5.75 Å². The summed E-state index contributed by atoms with van der Waals surface area (Å²) in [6.07, 6.45) is 0.471. The van der Waals surface area contributed by atoms with Crippen molar-refractivity contribution in [1.82, 2.24) is 0 Å². The number of hydrogen-bond acceptors (Lipinski definition) is 3. The Kier molecular flexibility index (Phi) is 6.58. The molecule has 56 valence electrons. The molecule has 0 aliphatic carbocycles. The minimum atomic E-state index is -0.245. The molecule has 0 bridgehead atoms. The highest BCUT2D eigenvalue weighted by Gasteiger charge is 1.93. The van der Waals surface area contributed by atoms with Gasteiger partial charge < -0.3 is 9.84 Å². The summed E-state index contributed by atoms with van der Waals surface area (Å²) in [7, 11) is 0. The maximum absolute atomic E-state index is 8.75. The molecule has 9 heavy (non-hydrogen) atoms. The lowest BCUT2D eigenvalue weighted by atomic mass is 10.3. The third-order valence-electron chi connectivity index (χ3n) is 0.916. The summed E-state index contributed by atoms with van der Waals surface area (Å²) in [6, 6.07) is 0. The van der Waals surface area contributed by atoms with E-state index in [1.165, 1.54) is 0 Å². The first-order valence-electron chi connectivity index (χ1n) is 3.14. The maximum atomic E-state index is 8.75. The Labute approximate surface area is 61.6 Å². The molecule has 0 aromatic heterocycles. The average Bonchev–Trinajstić information content (AvgIpc) is 1.80. The second-order valence-electron chi connectivity index (χ2n) is 1.97. The van der Waals surface area contributed by atoms with Crippen molar-refractivity contribution in [2.75, 3.05) is 19.0 Å². The van der Waals surface area contributed by atoms with Crippen molar-refractivity contribution >= 4 is 12.6 Å². The predicted molar refractivity (Wildman–Crippen MR) is 41.0 cm³/mol. The first kappa shape index (κ1) is 9.27. The van der Waals surface area contributed by atoms with Crippen molar-refractivity contribution in [1.29, 1.82) is 0 Å². The molecule has 0 saturated heterocycles. The fourth-order valence-electron chi connectivity index (χ4n) is 0.421. The summed E-state index contributed by atoms with van der Waals surface area (Å²) in [5.41, 5.74) is 0. The molecule has 0 heterocycles. The van der Waals surface area contributed by atoms with Crippen molar-refractivity contribution < 1.29 is 9.84 Å². The van der Waals surface area contributed by atoms with Crippen LogP contribution in [0.5, 0.6) is 0 Å². The molecule has 2 nitrogen and oxygen atoms in total. The van der Waals surface area contributed by atoms with Gasteiger partial charge >= 0.3 is 0 Å². The second kappa shape index (κ2) is 6.39. The fourth-order valence-corrected chi connectivity index (χ4v) is 0.550. The van der Waals surface area contributed by atoms with E-state index >= 15 is 0 Å². The second-order valence-corrected chi connectivity index (χ2v) is 2.42. The summed E-state index contributed by atoms with van der Waals surface area (Å²) in [6.45, 7) is 3.07. The lowest BCUT2D eigenvalue weighted by Gasteiger charge is -2.03.